The Morgan fingerprint density at radius 1 is 0.212 bits per heavy atom. The first-order valence-corrected chi connectivity index (χ1v) is 39.0. The Labute approximate surface area is 694 Å². The van der Waals surface area contributed by atoms with Gasteiger partial charge in [0.15, 0.2) is 0 Å². The van der Waals surface area contributed by atoms with Crippen LogP contribution in [0, 0.1) is 13.8 Å². The Morgan fingerprint density at radius 3 is 0.559 bits per heavy atom. The van der Waals surface area contributed by atoms with Crippen molar-refractivity contribution in [3.05, 3.63) is 439 Å². The van der Waals surface area contributed by atoms with Crippen LogP contribution in [-0.4, -0.2) is 44.1 Å². The predicted molar refractivity (Wildman–Crippen MR) is 488 cm³/mol. The van der Waals surface area contributed by atoms with Crippen molar-refractivity contribution in [2.75, 3.05) is 31.6 Å². The molecule has 588 valence electrons. The molecule has 0 amide bonds. The predicted octanol–water partition coefficient (Wildman–Crippen LogP) is 27.9. The second kappa shape index (κ2) is 41.3. The number of rotatable bonds is 22. The van der Waals surface area contributed by atoms with E-state index in [1.807, 2.05) is 282 Å². The third-order valence-corrected chi connectivity index (χ3v) is 18.9. The van der Waals surface area contributed by atoms with Gasteiger partial charge in [0.25, 0.3) is 0 Å². The molecule has 0 N–H and O–H groups in total. The number of aryl methyl sites for hydroxylation is 2. The zero-order valence-corrected chi connectivity index (χ0v) is 68.0. The van der Waals surface area contributed by atoms with Crippen molar-refractivity contribution < 1.29 is 33.4 Å². The normalized spacial score (nSPS) is 10.6. The van der Waals surface area contributed by atoms with E-state index in [0.717, 1.165) is 128 Å². The highest BCUT2D eigenvalue weighted by atomic mass is 16.5. The van der Waals surface area contributed by atoms with Crippen LogP contribution in [0.25, 0.3) is 0 Å². The summed E-state index contributed by atoms with van der Waals surface area (Å²) in [5.41, 5.74) is 22.8. The van der Waals surface area contributed by atoms with Crippen molar-refractivity contribution in [2.24, 2.45) is 0 Å². The molecule has 0 radical (unpaired) electrons. The number of hydrogen-bond acceptors (Lipinski definition) is 12. The van der Waals surface area contributed by atoms with Crippen LogP contribution in [0.3, 0.4) is 0 Å². The Hall–Kier alpha value is -14.8. The molecule has 0 fully saturated rings. The summed E-state index contributed by atoms with van der Waals surface area (Å²) in [7, 11) is 1.65. The Bertz CT molecular complexity index is 5500. The summed E-state index contributed by atoms with van der Waals surface area (Å²) in [4.78, 5) is 65.3. The standard InChI is InChI=1S/C23H23NO2.C23H23NO.C21H19NO.C20H17NO2.C19H15NO/c1-23(2,3)26-22-15-13-21(14-16-22)24(19-7-5-4-6-8-19)20-11-9-18(17-25)10-12-20;1-23(2,3)19-11-15-22(16-12-19)24(20-7-5-4-6-8-20)21-13-9-18(17-25)10-14-21;1-16-3-9-19(10-4-16)22(20-11-5-17(2)6-12-20)21-13-7-18(15-23)8-14-21;1-23-20-13-11-19(12-14-20)21(17-5-3-2-4-6-17)18-9-7-16(15-22)8-10-18;21-15-16-11-13-19(14-12-16)20(17-7-3-1-4-8-17)18-9-5-2-6-10-18/h4-17H,1-3H3;4-17H,1-3H3;3-15H,1-2H3;2-15H,1H3;1-15H. The van der Waals surface area contributed by atoms with Crippen LogP contribution in [0.1, 0.15) is 110 Å². The second-order valence-electron chi connectivity index (χ2n) is 29.8. The highest BCUT2D eigenvalue weighted by molar-refractivity contribution is 5.86. The highest BCUT2D eigenvalue weighted by Gasteiger charge is 2.20. The van der Waals surface area contributed by atoms with Gasteiger partial charge in [-0.15, -0.1) is 0 Å². The third kappa shape index (κ3) is 23.5. The minimum atomic E-state index is -0.231. The van der Waals surface area contributed by atoms with Crippen molar-refractivity contribution in [1.29, 1.82) is 0 Å². The molecule has 0 unspecified atom stereocenters. The van der Waals surface area contributed by atoms with E-state index in [2.05, 4.69) is 193 Å². The van der Waals surface area contributed by atoms with Gasteiger partial charge in [0.1, 0.15) is 48.5 Å². The number of hydrogen-bond donors (Lipinski definition) is 0. The fraction of sp³-hybridized carbons (Fsp3) is 0.104. The molecule has 0 aliphatic carbocycles. The lowest BCUT2D eigenvalue weighted by Crippen LogP contribution is -2.22. The van der Waals surface area contributed by atoms with E-state index in [1.54, 1.807) is 7.11 Å². The molecular formula is C106H97N5O7. The molecule has 15 aromatic rings. The maximum absolute atomic E-state index is 11.0. The molecule has 0 saturated carbocycles. The second-order valence-corrected chi connectivity index (χ2v) is 29.8. The summed E-state index contributed by atoms with van der Waals surface area (Å²) in [6, 6.07) is 130. The lowest BCUT2D eigenvalue weighted by Gasteiger charge is -2.27. The summed E-state index contributed by atoms with van der Waals surface area (Å²) < 4.78 is 11.2. The molecule has 12 heteroatoms. The molecule has 12 nitrogen and oxygen atoms in total. The number of nitrogens with zero attached hydrogens (tertiary/aromatic N) is 5. The number of para-hydroxylation sites is 5. The van der Waals surface area contributed by atoms with Gasteiger partial charge in [-0.2, -0.15) is 0 Å². The van der Waals surface area contributed by atoms with Gasteiger partial charge < -0.3 is 34.0 Å². The number of anilines is 15. The van der Waals surface area contributed by atoms with E-state index in [4.69, 9.17) is 9.47 Å². The average Bonchev–Trinajstić information content (AvgIpc) is 0.838. The van der Waals surface area contributed by atoms with E-state index >= 15 is 0 Å². The van der Waals surface area contributed by atoms with Gasteiger partial charge in [0.2, 0.25) is 0 Å². The number of methoxy groups -OCH3 is 1. The van der Waals surface area contributed by atoms with E-state index < -0.39 is 0 Å². The molecular weight excluding hydrogens is 1460 g/mol. The number of ether oxygens (including phenoxy) is 2. The first-order chi connectivity index (χ1) is 57.3. The summed E-state index contributed by atoms with van der Waals surface area (Å²) >= 11 is 0. The molecule has 118 heavy (non-hydrogen) atoms. The van der Waals surface area contributed by atoms with Crippen LogP contribution in [0.4, 0.5) is 85.3 Å². The third-order valence-electron chi connectivity index (χ3n) is 18.9. The molecule has 0 heterocycles. The smallest absolute Gasteiger partial charge is 0.150 e. The summed E-state index contributed by atoms with van der Waals surface area (Å²) in [5, 5.41) is 0. The highest BCUT2D eigenvalue weighted by Crippen LogP contribution is 2.41. The van der Waals surface area contributed by atoms with Crippen LogP contribution < -0.4 is 34.0 Å². The number of carbonyl (C=O) groups excluding carboxylic acids is 5. The summed E-state index contributed by atoms with van der Waals surface area (Å²) in [5.74, 6) is 1.66. The van der Waals surface area contributed by atoms with E-state index in [-0.39, 0.29) is 11.0 Å². The quantitative estimate of drug-likeness (QED) is 0.0601. The van der Waals surface area contributed by atoms with Crippen LogP contribution in [0.2, 0.25) is 0 Å². The van der Waals surface area contributed by atoms with E-state index in [1.165, 1.54) is 16.7 Å². The van der Waals surface area contributed by atoms with Gasteiger partial charge in [-0.3, -0.25) is 24.0 Å². The number of carbonyl (C=O) groups is 5. The molecule has 0 atom stereocenters. The van der Waals surface area contributed by atoms with Gasteiger partial charge in [0.05, 0.1) is 7.11 Å². The zero-order chi connectivity index (χ0) is 83.2. The first kappa shape index (κ1) is 84.2. The van der Waals surface area contributed by atoms with Crippen molar-refractivity contribution in [3.8, 4) is 11.5 Å². The summed E-state index contributed by atoms with van der Waals surface area (Å²) in [6.07, 6.45) is 4.30. The lowest BCUT2D eigenvalue weighted by molar-refractivity contribution is 0.111. The van der Waals surface area contributed by atoms with Crippen molar-refractivity contribution in [1.82, 2.24) is 0 Å². The molecule has 0 bridgehead atoms. The lowest BCUT2D eigenvalue weighted by atomic mass is 9.87. The SMILES string of the molecule is CC(C)(C)Oc1ccc(N(c2ccccc2)c2ccc(C=O)cc2)cc1.CC(C)(C)c1ccc(N(c2ccccc2)c2ccc(C=O)cc2)cc1.COc1ccc(N(c2ccccc2)c2ccc(C=O)cc2)cc1.Cc1ccc(N(c2ccc(C)cc2)c2ccc(C=O)cc2)cc1.O=Cc1ccc(N(c2ccccc2)c2ccccc2)cc1. The topological polar surface area (TPSA) is 120 Å². The maximum atomic E-state index is 11.0. The van der Waals surface area contributed by atoms with Crippen LogP contribution >= 0.6 is 0 Å². The van der Waals surface area contributed by atoms with Gasteiger partial charge in [-0.25, -0.2) is 0 Å². The van der Waals surface area contributed by atoms with Crippen LogP contribution in [-0.2, 0) is 5.41 Å². The minimum Gasteiger partial charge on any atom is -0.497 e. The van der Waals surface area contributed by atoms with Crippen molar-refractivity contribution >= 4 is 117 Å². The van der Waals surface area contributed by atoms with Gasteiger partial charge in [0, 0.05) is 113 Å². The fourth-order valence-electron chi connectivity index (χ4n) is 12.9. The summed E-state index contributed by atoms with van der Waals surface area (Å²) in [6.45, 7) is 16.9. The van der Waals surface area contributed by atoms with Crippen molar-refractivity contribution in [3.63, 3.8) is 0 Å². The Balaban J connectivity index is 0.000000145. The van der Waals surface area contributed by atoms with Gasteiger partial charge in [-0.1, -0.05) is 159 Å². The fourth-order valence-corrected chi connectivity index (χ4v) is 12.9. The van der Waals surface area contributed by atoms with Crippen LogP contribution in [0.5, 0.6) is 11.5 Å². The van der Waals surface area contributed by atoms with Crippen molar-refractivity contribution in [2.45, 2.75) is 66.4 Å². The molecule has 0 aliphatic heterocycles. The monoisotopic (exact) mass is 1550 g/mol. The largest absolute Gasteiger partial charge is 0.497 e. The molecule has 15 rings (SSSR count). The molecule has 15 aromatic carbocycles. The maximum Gasteiger partial charge on any atom is 0.150 e. The van der Waals surface area contributed by atoms with Gasteiger partial charge >= 0.3 is 0 Å². The van der Waals surface area contributed by atoms with E-state index in [9.17, 15) is 24.0 Å². The molecule has 0 saturated heterocycles. The Kier molecular flexibility index (Phi) is 29.5. The minimum absolute atomic E-state index is 0.127. The van der Waals surface area contributed by atoms with Gasteiger partial charge in [-0.05, 0) is 313 Å². The first-order valence-electron chi connectivity index (χ1n) is 39.0. The van der Waals surface area contributed by atoms with Crippen LogP contribution in [0.15, 0.2) is 394 Å². The average molecular weight is 1550 g/mol. The molecule has 0 spiro atoms. The zero-order valence-electron chi connectivity index (χ0n) is 68.0. The number of benzene rings is 15. The Morgan fingerprint density at radius 2 is 0.381 bits per heavy atom. The molecule has 0 aromatic heterocycles. The number of aldehydes is 5. The molecule has 0 aliphatic rings. The van der Waals surface area contributed by atoms with E-state index in [0.29, 0.717) is 27.8 Å².